The van der Waals surface area contributed by atoms with Crippen molar-refractivity contribution in [3.8, 4) is 5.75 Å². The molecule has 0 N–H and O–H groups in total. The first kappa shape index (κ1) is 14.9. The zero-order valence-electron chi connectivity index (χ0n) is 9.39. The van der Waals surface area contributed by atoms with Crippen LogP contribution in [0.4, 0.5) is 4.39 Å². The topological polar surface area (TPSA) is 9.23 Å². The van der Waals surface area contributed by atoms with Crippen LogP contribution in [0.5, 0.6) is 5.75 Å². The lowest BCUT2D eigenvalue weighted by Crippen LogP contribution is -1.97. The monoisotopic (exact) mass is 382 g/mol. The van der Waals surface area contributed by atoms with Crippen molar-refractivity contribution in [2.45, 2.75) is 6.61 Å². The van der Waals surface area contributed by atoms with E-state index in [0.717, 1.165) is 0 Å². The first-order valence-electron chi connectivity index (χ1n) is 5.18. The van der Waals surface area contributed by atoms with Gasteiger partial charge in [0.2, 0.25) is 0 Å². The fourth-order valence-electron chi connectivity index (χ4n) is 1.52. The predicted molar refractivity (Wildman–Crippen MR) is 79.9 cm³/mol. The number of halogens is 5. The van der Waals surface area contributed by atoms with Crippen molar-refractivity contribution in [3.63, 3.8) is 0 Å². The average Bonchev–Trinajstić information content (AvgIpc) is 2.25. The molecular formula is C13H7BrCl3FO. The molecule has 0 saturated carbocycles. The van der Waals surface area contributed by atoms with Gasteiger partial charge in [-0.15, -0.1) is 0 Å². The molecule has 0 aromatic heterocycles. The summed E-state index contributed by atoms with van der Waals surface area (Å²) in [6, 6.07) is 7.56. The van der Waals surface area contributed by atoms with Crippen LogP contribution >= 0.6 is 50.7 Å². The third-order valence-electron chi connectivity index (χ3n) is 2.27. The molecule has 0 aliphatic rings. The van der Waals surface area contributed by atoms with Crippen molar-refractivity contribution in [2.75, 3.05) is 0 Å². The van der Waals surface area contributed by atoms with Crippen LogP contribution in [-0.4, -0.2) is 0 Å². The molecule has 6 heteroatoms. The van der Waals surface area contributed by atoms with E-state index in [1.165, 1.54) is 24.3 Å². The molecule has 19 heavy (non-hydrogen) atoms. The molecule has 0 fully saturated rings. The van der Waals surface area contributed by atoms with Crippen molar-refractivity contribution >= 4 is 50.7 Å². The molecule has 2 aromatic carbocycles. The number of rotatable bonds is 3. The maximum absolute atomic E-state index is 13.2. The van der Waals surface area contributed by atoms with E-state index in [1.807, 2.05) is 0 Å². The highest BCUT2D eigenvalue weighted by Gasteiger charge is 2.10. The summed E-state index contributed by atoms with van der Waals surface area (Å²) in [6.07, 6.45) is 0. The van der Waals surface area contributed by atoms with Crippen molar-refractivity contribution in [3.05, 3.63) is 61.3 Å². The summed E-state index contributed by atoms with van der Waals surface area (Å²) in [5.74, 6) is -0.0191. The lowest BCUT2D eigenvalue weighted by atomic mass is 10.2. The standard InChI is InChI=1S/C13H7BrCl3FO/c14-8-1-7(2-10(18)3-8)6-19-13-11(16)4-9(15)5-12(13)17/h1-5H,6H2. The Labute approximate surface area is 133 Å². The largest absolute Gasteiger partial charge is 0.486 e. The highest BCUT2D eigenvalue weighted by Crippen LogP contribution is 2.36. The Kier molecular flexibility index (Phi) is 4.96. The van der Waals surface area contributed by atoms with Crippen LogP contribution in [0.2, 0.25) is 15.1 Å². The zero-order chi connectivity index (χ0) is 14.0. The molecule has 0 spiro atoms. The van der Waals surface area contributed by atoms with Crippen LogP contribution in [0.15, 0.2) is 34.8 Å². The molecule has 0 atom stereocenters. The molecule has 0 heterocycles. The Hall–Kier alpha value is -0.480. The normalized spacial score (nSPS) is 10.6. The van der Waals surface area contributed by atoms with Crippen LogP contribution in [0.3, 0.4) is 0 Å². The van der Waals surface area contributed by atoms with Crippen LogP contribution in [0.1, 0.15) is 5.56 Å². The van der Waals surface area contributed by atoms with Gasteiger partial charge in [-0.3, -0.25) is 0 Å². The number of hydrogen-bond donors (Lipinski definition) is 0. The Bertz CT molecular complexity index is 576. The summed E-state index contributed by atoms with van der Waals surface area (Å²) in [4.78, 5) is 0. The third-order valence-corrected chi connectivity index (χ3v) is 3.51. The fourth-order valence-corrected chi connectivity index (χ4v) is 2.96. The zero-order valence-corrected chi connectivity index (χ0v) is 13.2. The van der Waals surface area contributed by atoms with E-state index in [-0.39, 0.29) is 12.4 Å². The van der Waals surface area contributed by atoms with Crippen molar-refractivity contribution < 1.29 is 9.13 Å². The van der Waals surface area contributed by atoms with E-state index < -0.39 is 0 Å². The van der Waals surface area contributed by atoms with Gasteiger partial charge in [0.1, 0.15) is 12.4 Å². The first-order chi connectivity index (χ1) is 8.95. The smallest absolute Gasteiger partial charge is 0.157 e. The summed E-state index contributed by atoms with van der Waals surface area (Å²) < 4.78 is 19.4. The molecule has 100 valence electrons. The second kappa shape index (κ2) is 6.31. The molecule has 0 unspecified atom stereocenters. The van der Waals surface area contributed by atoms with Crippen molar-refractivity contribution in [1.82, 2.24) is 0 Å². The van der Waals surface area contributed by atoms with Gasteiger partial charge in [0.25, 0.3) is 0 Å². The number of benzene rings is 2. The minimum atomic E-state index is -0.346. The van der Waals surface area contributed by atoms with Gasteiger partial charge in [0.15, 0.2) is 5.75 Å². The Morgan fingerprint density at radius 1 is 1.00 bits per heavy atom. The highest BCUT2D eigenvalue weighted by molar-refractivity contribution is 9.10. The molecule has 2 aromatic rings. The van der Waals surface area contributed by atoms with Crippen LogP contribution in [0.25, 0.3) is 0 Å². The van der Waals surface area contributed by atoms with Crippen LogP contribution in [-0.2, 0) is 6.61 Å². The second-order valence-electron chi connectivity index (χ2n) is 3.76. The third kappa shape index (κ3) is 3.99. The SMILES string of the molecule is Fc1cc(Br)cc(COc2c(Cl)cc(Cl)cc2Cl)c1. The fraction of sp³-hybridized carbons (Fsp3) is 0.0769. The van der Waals surface area contributed by atoms with Gasteiger partial charge in [-0.05, 0) is 35.9 Å². The minimum absolute atomic E-state index is 0.150. The molecule has 0 amide bonds. The van der Waals surface area contributed by atoms with Crippen LogP contribution < -0.4 is 4.74 Å². The van der Waals surface area contributed by atoms with Crippen molar-refractivity contribution in [1.29, 1.82) is 0 Å². The summed E-state index contributed by atoms with van der Waals surface area (Å²) >= 11 is 21.0. The van der Waals surface area contributed by atoms with Gasteiger partial charge in [-0.2, -0.15) is 0 Å². The molecule has 0 radical (unpaired) electrons. The molecular weight excluding hydrogens is 377 g/mol. The molecule has 1 nitrogen and oxygen atoms in total. The van der Waals surface area contributed by atoms with Gasteiger partial charge in [0.05, 0.1) is 10.0 Å². The summed E-state index contributed by atoms with van der Waals surface area (Å²) in [6.45, 7) is 0.150. The molecule has 0 saturated heterocycles. The van der Waals surface area contributed by atoms with E-state index in [9.17, 15) is 4.39 Å². The van der Waals surface area contributed by atoms with Gasteiger partial charge in [0, 0.05) is 9.50 Å². The summed E-state index contributed by atoms with van der Waals surface area (Å²) in [5, 5.41) is 1.05. The van der Waals surface area contributed by atoms with Crippen LogP contribution in [0, 0.1) is 5.82 Å². The maximum Gasteiger partial charge on any atom is 0.157 e. The second-order valence-corrected chi connectivity index (χ2v) is 5.93. The van der Waals surface area contributed by atoms with Crippen molar-refractivity contribution in [2.24, 2.45) is 0 Å². The quantitative estimate of drug-likeness (QED) is 0.619. The predicted octanol–water partition coefficient (Wildman–Crippen LogP) is 6.13. The maximum atomic E-state index is 13.2. The Morgan fingerprint density at radius 2 is 1.63 bits per heavy atom. The van der Waals surface area contributed by atoms with Gasteiger partial charge in [-0.25, -0.2) is 4.39 Å². The summed E-state index contributed by atoms with van der Waals surface area (Å²) in [5.41, 5.74) is 0.661. The average molecular weight is 384 g/mol. The molecule has 2 rings (SSSR count). The first-order valence-corrected chi connectivity index (χ1v) is 7.10. The van der Waals surface area contributed by atoms with E-state index in [4.69, 9.17) is 39.5 Å². The summed E-state index contributed by atoms with van der Waals surface area (Å²) in [7, 11) is 0. The number of ether oxygens (including phenoxy) is 1. The lowest BCUT2D eigenvalue weighted by Gasteiger charge is -2.10. The van der Waals surface area contributed by atoms with E-state index in [1.54, 1.807) is 6.07 Å². The molecule has 0 aliphatic heterocycles. The molecule has 0 bridgehead atoms. The lowest BCUT2D eigenvalue weighted by molar-refractivity contribution is 0.306. The van der Waals surface area contributed by atoms with Gasteiger partial charge in [-0.1, -0.05) is 50.7 Å². The number of hydrogen-bond acceptors (Lipinski definition) is 1. The Balaban J connectivity index is 2.19. The van der Waals surface area contributed by atoms with Gasteiger partial charge < -0.3 is 4.74 Å². The highest BCUT2D eigenvalue weighted by atomic mass is 79.9. The van der Waals surface area contributed by atoms with E-state index in [2.05, 4.69) is 15.9 Å². The van der Waals surface area contributed by atoms with E-state index >= 15 is 0 Å². The Morgan fingerprint density at radius 3 is 2.21 bits per heavy atom. The van der Waals surface area contributed by atoms with Gasteiger partial charge >= 0.3 is 0 Å². The minimum Gasteiger partial charge on any atom is -0.486 e. The van der Waals surface area contributed by atoms with E-state index in [0.29, 0.717) is 30.9 Å². The molecule has 0 aliphatic carbocycles.